The molecule has 7 nitrogen and oxygen atoms in total. The highest BCUT2D eigenvalue weighted by Gasteiger charge is 2.27. The van der Waals surface area contributed by atoms with Crippen molar-refractivity contribution < 1.29 is 19.1 Å². The third-order valence-corrected chi connectivity index (χ3v) is 7.96. The monoisotopic (exact) mass is 575 g/mol. The van der Waals surface area contributed by atoms with E-state index in [2.05, 4.69) is 26.1 Å². The van der Waals surface area contributed by atoms with Gasteiger partial charge in [0.1, 0.15) is 11.8 Å². The largest absolute Gasteiger partial charge is 0.497 e. The topological polar surface area (TPSA) is 80.6 Å². The minimum atomic E-state index is -0.558. The number of rotatable bonds is 17. The molecule has 0 aliphatic carbocycles. The van der Waals surface area contributed by atoms with Gasteiger partial charge in [-0.1, -0.05) is 77.5 Å². The summed E-state index contributed by atoms with van der Waals surface area (Å²) < 4.78 is 7.16. The first-order valence-electron chi connectivity index (χ1n) is 15.7. The van der Waals surface area contributed by atoms with Gasteiger partial charge in [0.25, 0.3) is 5.91 Å². The summed E-state index contributed by atoms with van der Waals surface area (Å²) in [6, 6.07) is 14.2. The molecule has 1 unspecified atom stereocenters. The van der Waals surface area contributed by atoms with Crippen molar-refractivity contribution in [1.29, 1.82) is 0 Å². The maximum atomic E-state index is 13.8. The summed E-state index contributed by atoms with van der Waals surface area (Å²) in [7, 11) is 1.60. The zero-order chi connectivity index (χ0) is 30.5. The molecular weight excluding hydrogens is 526 g/mol. The molecule has 2 aromatic carbocycles. The van der Waals surface area contributed by atoms with Crippen LogP contribution in [-0.2, 0) is 16.0 Å². The lowest BCUT2D eigenvalue weighted by atomic mass is 10.0. The van der Waals surface area contributed by atoms with Gasteiger partial charge in [0.05, 0.1) is 19.0 Å². The molecule has 0 spiro atoms. The first-order chi connectivity index (χ1) is 20.4. The maximum absolute atomic E-state index is 13.8. The van der Waals surface area contributed by atoms with Crippen molar-refractivity contribution in [3.63, 3.8) is 0 Å². The Bertz CT molecular complexity index is 1310. The second-order valence-corrected chi connectivity index (χ2v) is 11.1. The Kier molecular flexibility index (Phi) is 13.1. The Morgan fingerprint density at radius 3 is 2.17 bits per heavy atom. The van der Waals surface area contributed by atoms with E-state index in [1.165, 1.54) is 0 Å². The van der Waals surface area contributed by atoms with Gasteiger partial charge in [-0.05, 0) is 62.1 Å². The Hall–Kier alpha value is -3.61. The number of methoxy groups -OCH3 is 1. The number of nitrogens with zero attached hydrogens (tertiary/aromatic N) is 2. The lowest BCUT2D eigenvalue weighted by Gasteiger charge is -2.28. The Balaban J connectivity index is 1.92. The van der Waals surface area contributed by atoms with Crippen molar-refractivity contribution in [3.8, 4) is 5.75 Å². The van der Waals surface area contributed by atoms with Crippen LogP contribution >= 0.6 is 0 Å². The second-order valence-electron chi connectivity index (χ2n) is 11.1. The summed E-state index contributed by atoms with van der Waals surface area (Å²) in [5.74, 6) is 0.301. The Morgan fingerprint density at radius 2 is 1.55 bits per heavy atom. The molecule has 1 heterocycles. The van der Waals surface area contributed by atoms with Crippen LogP contribution in [0.1, 0.15) is 100 Å². The van der Waals surface area contributed by atoms with Crippen LogP contribution in [0.15, 0.2) is 48.5 Å². The van der Waals surface area contributed by atoms with Crippen LogP contribution in [-0.4, -0.2) is 53.4 Å². The summed E-state index contributed by atoms with van der Waals surface area (Å²) in [5.41, 5.74) is 2.76. The van der Waals surface area contributed by atoms with Gasteiger partial charge in [0.15, 0.2) is 0 Å². The Morgan fingerprint density at radius 1 is 0.881 bits per heavy atom. The van der Waals surface area contributed by atoms with E-state index in [1.807, 2.05) is 48.2 Å². The van der Waals surface area contributed by atoms with Crippen molar-refractivity contribution in [2.75, 3.05) is 20.2 Å². The second kappa shape index (κ2) is 16.7. The van der Waals surface area contributed by atoms with Gasteiger partial charge in [-0.2, -0.15) is 0 Å². The number of aromatic nitrogens is 1. The lowest BCUT2D eigenvalue weighted by Crippen LogP contribution is -2.49. The van der Waals surface area contributed by atoms with Crippen molar-refractivity contribution in [2.24, 2.45) is 0 Å². The molecule has 2 amide bonds. The molecule has 0 fully saturated rings. The molecule has 1 N–H and O–H groups in total. The van der Waals surface area contributed by atoms with Gasteiger partial charge in [0, 0.05) is 29.7 Å². The van der Waals surface area contributed by atoms with Crippen LogP contribution in [0.25, 0.3) is 10.9 Å². The molecular formula is C35H49N3O4. The highest BCUT2D eigenvalue weighted by atomic mass is 16.5. The number of amides is 2. The van der Waals surface area contributed by atoms with Crippen molar-refractivity contribution in [3.05, 3.63) is 65.4 Å². The number of hydrogen-bond acceptors (Lipinski definition) is 4. The smallest absolute Gasteiger partial charge is 0.262 e. The highest BCUT2D eigenvalue weighted by Crippen LogP contribution is 2.31. The zero-order valence-electron chi connectivity index (χ0n) is 26.2. The molecule has 0 radical (unpaired) electrons. The molecule has 7 heteroatoms. The number of ether oxygens (including phenoxy) is 1. The highest BCUT2D eigenvalue weighted by molar-refractivity contribution is 6.05. The van der Waals surface area contributed by atoms with Crippen LogP contribution < -0.4 is 10.1 Å². The van der Waals surface area contributed by atoms with Crippen molar-refractivity contribution in [1.82, 2.24) is 14.8 Å². The SMILES string of the molecule is CCCCCCC(NC(=O)Cc1c(C)n(C(=O)c2ccccc2)c2ccc(OC)cc12)C(=O)N(CCCC)CCCC. The molecule has 0 bridgehead atoms. The average Bonchev–Trinajstić information content (AvgIpc) is 3.28. The van der Waals surface area contributed by atoms with Gasteiger partial charge < -0.3 is 15.0 Å². The standard InChI is InChI=1S/C35H49N3O4/c1-6-9-12-16-19-31(35(41)37(22-10-7-2)23-11-8-3)36-33(39)25-29-26(4)38(34(40)27-17-14-13-15-18-27)32-21-20-28(42-5)24-30(29)32/h13-15,17-18,20-21,24,31H,6-12,16,19,22-23,25H2,1-5H3,(H,36,39). The first-order valence-corrected chi connectivity index (χ1v) is 15.7. The average molecular weight is 576 g/mol. The van der Waals surface area contributed by atoms with Crippen LogP contribution in [0.3, 0.4) is 0 Å². The van der Waals surface area contributed by atoms with Crippen molar-refractivity contribution in [2.45, 2.75) is 97.9 Å². The predicted molar refractivity (Wildman–Crippen MR) is 170 cm³/mol. The van der Waals surface area contributed by atoms with E-state index in [0.29, 0.717) is 36.5 Å². The molecule has 0 aliphatic heterocycles. The van der Waals surface area contributed by atoms with Crippen LogP contribution in [0.5, 0.6) is 5.75 Å². The number of benzene rings is 2. The third kappa shape index (κ3) is 8.46. The minimum Gasteiger partial charge on any atom is -0.497 e. The molecule has 0 saturated heterocycles. The van der Waals surface area contributed by atoms with E-state index in [-0.39, 0.29) is 24.1 Å². The number of fused-ring (bicyclic) bond motifs is 1. The number of carbonyl (C=O) groups is 3. The first kappa shape index (κ1) is 32.9. The van der Waals surface area contributed by atoms with Crippen molar-refractivity contribution >= 4 is 28.6 Å². The lowest BCUT2D eigenvalue weighted by molar-refractivity contribution is -0.136. The summed E-state index contributed by atoms with van der Waals surface area (Å²) >= 11 is 0. The fourth-order valence-corrected chi connectivity index (χ4v) is 5.47. The summed E-state index contributed by atoms with van der Waals surface area (Å²) in [6.45, 7) is 9.72. The normalized spacial score (nSPS) is 11.8. The number of hydrogen-bond donors (Lipinski definition) is 1. The molecule has 0 aliphatic rings. The third-order valence-electron chi connectivity index (χ3n) is 7.96. The van der Waals surface area contributed by atoms with Crippen LogP contribution in [0, 0.1) is 6.92 Å². The molecule has 3 rings (SSSR count). The quantitative estimate of drug-likeness (QED) is 0.175. The number of nitrogens with one attached hydrogen (secondary N) is 1. The van der Waals surface area contributed by atoms with Gasteiger partial charge >= 0.3 is 0 Å². The Labute approximate surface area is 251 Å². The molecule has 0 saturated carbocycles. The van der Waals surface area contributed by atoms with E-state index in [1.54, 1.807) is 23.8 Å². The zero-order valence-corrected chi connectivity index (χ0v) is 26.2. The van der Waals surface area contributed by atoms with Crippen LogP contribution in [0.4, 0.5) is 0 Å². The fraction of sp³-hybridized carbons (Fsp3) is 0.514. The van der Waals surface area contributed by atoms with Gasteiger partial charge in [-0.25, -0.2) is 0 Å². The van der Waals surface area contributed by atoms with E-state index in [9.17, 15) is 14.4 Å². The predicted octanol–water partition coefficient (Wildman–Crippen LogP) is 7.07. The fourth-order valence-electron chi connectivity index (χ4n) is 5.47. The minimum absolute atomic E-state index is 0.0156. The summed E-state index contributed by atoms with van der Waals surface area (Å²) in [5, 5.41) is 3.91. The maximum Gasteiger partial charge on any atom is 0.262 e. The van der Waals surface area contributed by atoms with Gasteiger partial charge in [0.2, 0.25) is 11.8 Å². The molecule has 3 aromatic rings. The van der Waals surface area contributed by atoms with Gasteiger partial charge in [-0.3, -0.25) is 19.0 Å². The van der Waals surface area contributed by atoms with E-state index >= 15 is 0 Å². The molecule has 1 atom stereocenters. The van der Waals surface area contributed by atoms with E-state index in [0.717, 1.165) is 67.8 Å². The number of carbonyl (C=O) groups excluding carboxylic acids is 3. The van der Waals surface area contributed by atoms with Gasteiger partial charge in [-0.15, -0.1) is 0 Å². The molecule has 228 valence electrons. The molecule has 42 heavy (non-hydrogen) atoms. The summed E-state index contributed by atoms with van der Waals surface area (Å²) in [6.07, 6.45) is 8.75. The van der Waals surface area contributed by atoms with Crippen LogP contribution in [0.2, 0.25) is 0 Å². The number of unbranched alkanes of at least 4 members (excludes halogenated alkanes) is 5. The summed E-state index contributed by atoms with van der Waals surface area (Å²) in [4.78, 5) is 43.0. The van der Waals surface area contributed by atoms with E-state index in [4.69, 9.17) is 4.74 Å². The van der Waals surface area contributed by atoms with E-state index < -0.39 is 6.04 Å². The molecule has 1 aromatic heterocycles.